The molecule has 1 saturated heterocycles. The summed E-state index contributed by atoms with van der Waals surface area (Å²) in [6.45, 7) is 3.87. The minimum atomic E-state index is -0.0792. The van der Waals surface area contributed by atoms with Crippen molar-refractivity contribution in [3.05, 3.63) is 11.7 Å². The number of aryl methyl sites for hydroxylation is 1. The van der Waals surface area contributed by atoms with Crippen LogP contribution in [0, 0.1) is 0 Å². The number of carbonyl (C=O) groups is 2. The lowest BCUT2D eigenvalue weighted by molar-refractivity contribution is -0.136. The van der Waals surface area contributed by atoms with Crippen LogP contribution in [0.1, 0.15) is 57.2 Å². The van der Waals surface area contributed by atoms with Gasteiger partial charge in [-0.1, -0.05) is 24.9 Å². The summed E-state index contributed by atoms with van der Waals surface area (Å²) in [6.07, 6.45) is 5.71. The van der Waals surface area contributed by atoms with Crippen LogP contribution in [0.4, 0.5) is 0 Å². The molecule has 1 aromatic heterocycles. The smallest absolute Gasteiger partial charge is 0.246 e. The van der Waals surface area contributed by atoms with Crippen molar-refractivity contribution in [3.63, 3.8) is 0 Å². The number of amides is 2. The fourth-order valence-electron chi connectivity index (χ4n) is 2.67. The molecule has 7 heteroatoms. The highest BCUT2D eigenvalue weighted by Crippen LogP contribution is 2.12. The van der Waals surface area contributed by atoms with E-state index in [2.05, 4.69) is 10.1 Å². The molecule has 2 heterocycles. The molecule has 0 bridgehead atoms. The van der Waals surface area contributed by atoms with E-state index >= 15 is 0 Å². The number of rotatable bonds is 6. The molecule has 0 radical (unpaired) electrons. The first-order valence-electron chi connectivity index (χ1n) is 8.43. The zero-order valence-corrected chi connectivity index (χ0v) is 14.1. The summed E-state index contributed by atoms with van der Waals surface area (Å²) in [4.78, 5) is 31.9. The van der Waals surface area contributed by atoms with E-state index in [1.165, 1.54) is 17.7 Å². The second-order valence-electron chi connectivity index (χ2n) is 6.00. The molecule has 1 fully saturated rings. The summed E-state index contributed by atoms with van der Waals surface area (Å²) in [5.74, 6) is 1.07. The van der Waals surface area contributed by atoms with Gasteiger partial charge in [-0.25, -0.2) is 0 Å². The van der Waals surface area contributed by atoms with Crippen LogP contribution in [-0.4, -0.2) is 51.9 Å². The van der Waals surface area contributed by atoms with Gasteiger partial charge in [0.15, 0.2) is 5.82 Å². The number of likely N-dealkylation sites (tertiary alicyclic amines) is 1. The van der Waals surface area contributed by atoms with Gasteiger partial charge in [0, 0.05) is 39.4 Å². The highest BCUT2D eigenvalue weighted by atomic mass is 16.5. The van der Waals surface area contributed by atoms with Gasteiger partial charge < -0.3 is 14.3 Å². The molecule has 23 heavy (non-hydrogen) atoms. The number of hydrogen-bond acceptors (Lipinski definition) is 5. The third kappa shape index (κ3) is 5.33. The number of hydrogen-bond donors (Lipinski definition) is 0. The molecule has 7 nitrogen and oxygen atoms in total. The van der Waals surface area contributed by atoms with Crippen LogP contribution in [0.15, 0.2) is 4.52 Å². The first kappa shape index (κ1) is 17.4. The second kappa shape index (κ2) is 8.64. The van der Waals surface area contributed by atoms with Crippen molar-refractivity contribution in [2.75, 3.05) is 20.1 Å². The molecule has 0 aliphatic carbocycles. The van der Waals surface area contributed by atoms with Gasteiger partial charge in [-0.15, -0.1) is 0 Å². The van der Waals surface area contributed by atoms with Crippen molar-refractivity contribution < 1.29 is 14.1 Å². The third-order valence-corrected chi connectivity index (χ3v) is 4.14. The Balaban J connectivity index is 1.75. The van der Waals surface area contributed by atoms with E-state index in [1.807, 2.05) is 11.8 Å². The molecule has 1 aliphatic heterocycles. The zero-order valence-electron chi connectivity index (χ0n) is 14.1. The van der Waals surface area contributed by atoms with Gasteiger partial charge in [0.25, 0.3) is 0 Å². The Labute approximate surface area is 137 Å². The van der Waals surface area contributed by atoms with Crippen LogP contribution in [0.3, 0.4) is 0 Å². The standard InChI is InChI=1S/C16H26N4O3/c1-3-13-17-14(23-18-13)12-19(2)15(21)8-9-16(22)20-10-6-4-5-7-11-20/h3-12H2,1-2H3. The van der Waals surface area contributed by atoms with Gasteiger partial charge in [0.2, 0.25) is 17.7 Å². The summed E-state index contributed by atoms with van der Waals surface area (Å²) < 4.78 is 5.08. The molecule has 0 spiro atoms. The van der Waals surface area contributed by atoms with Gasteiger partial charge in [-0.2, -0.15) is 4.98 Å². The monoisotopic (exact) mass is 322 g/mol. The molecule has 0 unspecified atom stereocenters. The third-order valence-electron chi connectivity index (χ3n) is 4.14. The molecular weight excluding hydrogens is 296 g/mol. The molecule has 1 aromatic rings. The average molecular weight is 322 g/mol. The van der Waals surface area contributed by atoms with Crippen molar-refractivity contribution in [1.82, 2.24) is 19.9 Å². The lowest BCUT2D eigenvalue weighted by atomic mass is 10.2. The molecule has 0 saturated carbocycles. The Morgan fingerprint density at radius 2 is 1.87 bits per heavy atom. The Morgan fingerprint density at radius 1 is 1.17 bits per heavy atom. The first-order chi connectivity index (χ1) is 11.1. The van der Waals surface area contributed by atoms with Crippen molar-refractivity contribution in [1.29, 1.82) is 0 Å². The fraction of sp³-hybridized carbons (Fsp3) is 0.750. The van der Waals surface area contributed by atoms with E-state index in [0.29, 0.717) is 18.1 Å². The SMILES string of the molecule is CCc1noc(CN(C)C(=O)CCC(=O)N2CCCCCC2)n1. The summed E-state index contributed by atoms with van der Waals surface area (Å²) in [6, 6.07) is 0. The van der Waals surface area contributed by atoms with Gasteiger partial charge in [-0.3, -0.25) is 9.59 Å². The summed E-state index contributed by atoms with van der Waals surface area (Å²) in [5.41, 5.74) is 0. The molecule has 0 aromatic carbocycles. The predicted molar refractivity (Wildman–Crippen MR) is 84.4 cm³/mol. The van der Waals surface area contributed by atoms with Crippen LogP contribution >= 0.6 is 0 Å². The van der Waals surface area contributed by atoms with Crippen LogP contribution in [0.25, 0.3) is 0 Å². The normalized spacial score (nSPS) is 15.3. The lowest BCUT2D eigenvalue weighted by Gasteiger charge is -2.21. The van der Waals surface area contributed by atoms with Gasteiger partial charge >= 0.3 is 0 Å². The minimum absolute atomic E-state index is 0.0792. The Bertz CT molecular complexity index is 521. The molecule has 128 valence electrons. The zero-order chi connectivity index (χ0) is 16.7. The van der Waals surface area contributed by atoms with E-state index in [1.54, 1.807) is 7.05 Å². The number of aromatic nitrogens is 2. The molecular formula is C16H26N4O3. The maximum absolute atomic E-state index is 12.2. The van der Waals surface area contributed by atoms with Crippen LogP contribution in [0.2, 0.25) is 0 Å². The molecule has 1 aliphatic rings. The summed E-state index contributed by atoms with van der Waals surface area (Å²) in [5, 5.41) is 3.81. The topological polar surface area (TPSA) is 79.5 Å². The fourth-order valence-corrected chi connectivity index (χ4v) is 2.67. The van der Waals surface area contributed by atoms with Gasteiger partial charge in [-0.05, 0) is 12.8 Å². The van der Waals surface area contributed by atoms with Crippen LogP contribution < -0.4 is 0 Å². The summed E-state index contributed by atoms with van der Waals surface area (Å²) >= 11 is 0. The largest absolute Gasteiger partial charge is 0.343 e. The van der Waals surface area contributed by atoms with Crippen molar-refractivity contribution in [3.8, 4) is 0 Å². The Morgan fingerprint density at radius 3 is 2.48 bits per heavy atom. The number of nitrogens with zero attached hydrogens (tertiary/aromatic N) is 4. The molecule has 0 N–H and O–H groups in total. The van der Waals surface area contributed by atoms with Crippen LogP contribution in [-0.2, 0) is 22.6 Å². The van der Waals surface area contributed by atoms with E-state index in [0.717, 1.165) is 25.9 Å². The highest BCUT2D eigenvalue weighted by molar-refractivity contribution is 5.83. The second-order valence-corrected chi connectivity index (χ2v) is 6.00. The molecule has 2 rings (SSSR count). The first-order valence-corrected chi connectivity index (χ1v) is 8.43. The number of carbonyl (C=O) groups excluding carboxylic acids is 2. The van der Waals surface area contributed by atoms with E-state index in [-0.39, 0.29) is 31.2 Å². The van der Waals surface area contributed by atoms with E-state index in [9.17, 15) is 9.59 Å². The maximum Gasteiger partial charge on any atom is 0.246 e. The predicted octanol–water partition coefficient (Wildman–Crippen LogP) is 1.77. The highest BCUT2D eigenvalue weighted by Gasteiger charge is 2.19. The Kier molecular flexibility index (Phi) is 6.55. The van der Waals surface area contributed by atoms with Gasteiger partial charge in [0.1, 0.15) is 0 Å². The molecule has 2 amide bonds. The molecule has 0 atom stereocenters. The van der Waals surface area contributed by atoms with Gasteiger partial charge in [0.05, 0.1) is 6.54 Å². The minimum Gasteiger partial charge on any atom is -0.343 e. The lowest BCUT2D eigenvalue weighted by Crippen LogP contribution is -2.33. The van der Waals surface area contributed by atoms with E-state index in [4.69, 9.17) is 4.52 Å². The van der Waals surface area contributed by atoms with Crippen molar-refractivity contribution >= 4 is 11.8 Å². The Hall–Kier alpha value is -1.92. The maximum atomic E-state index is 12.2. The quantitative estimate of drug-likeness (QED) is 0.797. The van der Waals surface area contributed by atoms with Crippen molar-refractivity contribution in [2.45, 2.75) is 58.4 Å². The van der Waals surface area contributed by atoms with Crippen LogP contribution in [0.5, 0.6) is 0 Å². The van der Waals surface area contributed by atoms with E-state index < -0.39 is 0 Å². The van der Waals surface area contributed by atoms with Crippen molar-refractivity contribution in [2.24, 2.45) is 0 Å². The average Bonchev–Trinajstić information content (AvgIpc) is 2.83. The summed E-state index contributed by atoms with van der Waals surface area (Å²) in [7, 11) is 1.69.